The predicted octanol–water partition coefficient (Wildman–Crippen LogP) is 1.83. The summed E-state index contributed by atoms with van der Waals surface area (Å²) in [7, 11) is 0. The van der Waals surface area contributed by atoms with E-state index < -0.39 is 5.91 Å². The summed E-state index contributed by atoms with van der Waals surface area (Å²) in [4.78, 5) is 18.5. The SMILES string of the molecule is Cc1cccc(-c2ccn(-c3cc(N4CCOCC4)n4nc(C(N)=O)cc4n3)n2)c1. The summed E-state index contributed by atoms with van der Waals surface area (Å²) in [5.74, 6) is 0.869. The van der Waals surface area contributed by atoms with E-state index in [1.165, 1.54) is 5.56 Å². The van der Waals surface area contributed by atoms with Crippen LogP contribution in [0.15, 0.2) is 48.7 Å². The largest absolute Gasteiger partial charge is 0.378 e. The Morgan fingerprint density at radius 3 is 2.70 bits per heavy atom. The smallest absolute Gasteiger partial charge is 0.269 e. The van der Waals surface area contributed by atoms with Gasteiger partial charge in [0.15, 0.2) is 17.2 Å². The second-order valence-electron chi connectivity index (χ2n) is 7.25. The van der Waals surface area contributed by atoms with Crippen LogP contribution in [0.25, 0.3) is 22.7 Å². The number of carbonyl (C=O) groups excluding carboxylic acids is 1. The zero-order valence-electron chi connectivity index (χ0n) is 16.5. The van der Waals surface area contributed by atoms with Gasteiger partial charge < -0.3 is 15.4 Å². The molecule has 0 radical (unpaired) electrons. The van der Waals surface area contributed by atoms with E-state index in [9.17, 15) is 4.79 Å². The molecule has 4 heterocycles. The number of nitrogens with two attached hydrogens (primary N) is 1. The molecule has 9 nitrogen and oxygen atoms in total. The van der Waals surface area contributed by atoms with Crippen molar-refractivity contribution in [2.24, 2.45) is 5.73 Å². The second kappa shape index (κ2) is 7.27. The van der Waals surface area contributed by atoms with Crippen molar-refractivity contribution in [1.29, 1.82) is 0 Å². The molecule has 2 N–H and O–H groups in total. The van der Waals surface area contributed by atoms with Gasteiger partial charge in [-0.05, 0) is 19.1 Å². The molecule has 30 heavy (non-hydrogen) atoms. The van der Waals surface area contributed by atoms with Gasteiger partial charge in [-0.3, -0.25) is 4.79 Å². The monoisotopic (exact) mass is 403 g/mol. The van der Waals surface area contributed by atoms with Gasteiger partial charge in [0, 0.05) is 37.0 Å². The number of rotatable bonds is 4. The Labute approximate surface area is 172 Å². The van der Waals surface area contributed by atoms with Crippen LogP contribution < -0.4 is 10.6 Å². The maximum atomic E-state index is 11.7. The fourth-order valence-corrected chi connectivity index (χ4v) is 3.61. The Morgan fingerprint density at radius 1 is 1.10 bits per heavy atom. The van der Waals surface area contributed by atoms with Crippen molar-refractivity contribution in [2.75, 3.05) is 31.2 Å². The summed E-state index contributed by atoms with van der Waals surface area (Å²) in [6.07, 6.45) is 1.88. The van der Waals surface area contributed by atoms with Crippen molar-refractivity contribution < 1.29 is 9.53 Å². The minimum Gasteiger partial charge on any atom is -0.378 e. The molecule has 0 unspecified atom stereocenters. The van der Waals surface area contributed by atoms with E-state index in [1.807, 2.05) is 30.5 Å². The number of hydrogen-bond acceptors (Lipinski definition) is 6. The Bertz CT molecular complexity index is 1240. The van der Waals surface area contributed by atoms with Crippen LogP contribution in [-0.4, -0.2) is 56.6 Å². The molecular weight excluding hydrogens is 382 g/mol. The molecule has 1 saturated heterocycles. The minimum atomic E-state index is -0.587. The van der Waals surface area contributed by atoms with Crippen LogP contribution in [0.2, 0.25) is 0 Å². The number of benzene rings is 1. The quantitative estimate of drug-likeness (QED) is 0.558. The molecule has 1 aromatic carbocycles. The summed E-state index contributed by atoms with van der Waals surface area (Å²) < 4.78 is 8.86. The van der Waals surface area contributed by atoms with Crippen molar-refractivity contribution >= 4 is 17.4 Å². The van der Waals surface area contributed by atoms with Crippen LogP contribution in [0.5, 0.6) is 0 Å². The Hall–Kier alpha value is -3.72. The summed E-state index contributed by atoms with van der Waals surface area (Å²) in [6, 6.07) is 13.7. The zero-order chi connectivity index (χ0) is 20.7. The van der Waals surface area contributed by atoms with Gasteiger partial charge in [-0.25, -0.2) is 9.67 Å². The van der Waals surface area contributed by atoms with Crippen LogP contribution in [-0.2, 0) is 4.74 Å². The van der Waals surface area contributed by atoms with Crippen LogP contribution in [0.1, 0.15) is 16.1 Å². The fraction of sp³-hybridized carbons (Fsp3) is 0.238. The molecule has 152 valence electrons. The summed E-state index contributed by atoms with van der Waals surface area (Å²) >= 11 is 0. The lowest BCUT2D eigenvalue weighted by atomic mass is 10.1. The Balaban J connectivity index is 1.61. The fourth-order valence-electron chi connectivity index (χ4n) is 3.61. The minimum absolute atomic E-state index is 0.176. The molecule has 1 aliphatic heterocycles. The molecule has 0 aliphatic carbocycles. The van der Waals surface area contributed by atoms with Crippen molar-refractivity contribution in [1.82, 2.24) is 24.4 Å². The number of morpholine rings is 1. The zero-order valence-corrected chi connectivity index (χ0v) is 16.5. The van der Waals surface area contributed by atoms with Crippen molar-refractivity contribution in [3.8, 4) is 17.1 Å². The van der Waals surface area contributed by atoms with Gasteiger partial charge in [-0.1, -0.05) is 23.8 Å². The van der Waals surface area contributed by atoms with Crippen molar-refractivity contribution in [3.63, 3.8) is 0 Å². The van der Waals surface area contributed by atoms with E-state index in [-0.39, 0.29) is 5.69 Å². The molecule has 0 atom stereocenters. The summed E-state index contributed by atoms with van der Waals surface area (Å²) in [5.41, 5.74) is 9.24. The number of primary amides is 1. The number of ether oxygens (including phenoxy) is 1. The molecule has 0 bridgehead atoms. The van der Waals surface area contributed by atoms with Gasteiger partial charge in [-0.15, -0.1) is 0 Å². The highest BCUT2D eigenvalue weighted by atomic mass is 16.5. The van der Waals surface area contributed by atoms with E-state index in [4.69, 9.17) is 15.6 Å². The summed E-state index contributed by atoms with van der Waals surface area (Å²) in [6.45, 7) is 4.75. The Kier molecular flexibility index (Phi) is 4.44. The van der Waals surface area contributed by atoms with Gasteiger partial charge in [0.2, 0.25) is 0 Å². The molecule has 1 fully saturated rings. The van der Waals surface area contributed by atoms with Gasteiger partial charge in [0.05, 0.1) is 18.9 Å². The van der Waals surface area contributed by atoms with Crippen LogP contribution in [0.4, 0.5) is 5.82 Å². The van der Waals surface area contributed by atoms with E-state index in [0.29, 0.717) is 24.7 Å². The number of amides is 1. The van der Waals surface area contributed by atoms with Gasteiger partial charge in [0.1, 0.15) is 5.82 Å². The van der Waals surface area contributed by atoms with Crippen molar-refractivity contribution in [3.05, 3.63) is 59.9 Å². The molecular formula is C21H21N7O2. The third kappa shape index (κ3) is 3.29. The number of aromatic nitrogens is 5. The number of nitrogens with zero attached hydrogens (tertiary/aromatic N) is 6. The normalized spacial score (nSPS) is 14.4. The number of aryl methyl sites for hydroxylation is 1. The number of anilines is 1. The molecule has 0 spiro atoms. The molecule has 5 rings (SSSR count). The molecule has 3 aromatic heterocycles. The Morgan fingerprint density at radius 2 is 1.93 bits per heavy atom. The topological polar surface area (TPSA) is 104 Å². The molecule has 0 saturated carbocycles. The van der Waals surface area contributed by atoms with E-state index in [2.05, 4.69) is 34.0 Å². The molecule has 4 aromatic rings. The lowest BCUT2D eigenvalue weighted by Gasteiger charge is -2.29. The van der Waals surface area contributed by atoms with Gasteiger partial charge in [-0.2, -0.15) is 14.7 Å². The molecule has 9 heteroatoms. The third-order valence-corrected chi connectivity index (χ3v) is 5.12. The lowest BCUT2D eigenvalue weighted by Crippen LogP contribution is -2.37. The highest BCUT2D eigenvalue weighted by Gasteiger charge is 2.20. The first kappa shape index (κ1) is 18.3. The maximum absolute atomic E-state index is 11.7. The lowest BCUT2D eigenvalue weighted by molar-refractivity contribution is 0.0995. The number of carbonyl (C=O) groups is 1. The first-order valence-electron chi connectivity index (χ1n) is 9.75. The maximum Gasteiger partial charge on any atom is 0.269 e. The molecule has 1 amide bonds. The average molecular weight is 403 g/mol. The predicted molar refractivity (Wildman–Crippen MR) is 112 cm³/mol. The highest BCUT2D eigenvalue weighted by molar-refractivity contribution is 5.92. The standard InChI is InChI=1S/C21H21N7O2/c1-14-3-2-4-15(11-14)16-5-6-27(24-16)18-13-20(26-7-9-30-10-8-26)28-19(23-18)12-17(25-28)21(22)29/h2-6,11-13H,7-10H2,1H3,(H2,22,29). The average Bonchev–Trinajstić information content (AvgIpc) is 3.41. The van der Waals surface area contributed by atoms with Gasteiger partial charge in [0.25, 0.3) is 5.91 Å². The van der Waals surface area contributed by atoms with Crippen LogP contribution in [0.3, 0.4) is 0 Å². The highest BCUT2D eigenvalue weighted by Crippen LogP contribution is 2.23. The first-order valence-corrected chi connectivity index (χ1v) is 9.75. The van der Waals surface area contributed by atoms with Crippen molar-refractivity contribution in [2.45, 2.75) is 6.92 Å². The number of fused-ring (bicyclic) bond motifs is 1. The van der Waals surface area contributed by atoms with Crippen LogP contribution >= 0.6 is 0 Å². The molecule has 1 aliphatic rings. The van der Waals surface area contributed by atoms with Gasteiger partial charge >= 0.3 is 0 Å². The number of hydrogen-bond donors (Lipinski definition) is 1. The third-order valence-electron chi connectivity index (χ3n) is 5.12. The van der Waals surface area contributed by atoms with Crippen LogP contribution in [0, 0.1) is 6.92 Å². The summed E-state index contributed by atoms with van der Waals surface area (Å²) in [5, 5.41) is 9.07. The first-order chi connectivity index (χ1) is 14.6. The van der Waals surface area contributed by atoms with E-state index >= 15 is 0 Å². The van der Waals surface area contributed by atoms with E-state index in [0.717, 1.165) is 30.2 Å². The second-order valence-corrected chi connectivity index (χ2v) is 7.25. The van der Waals surface area contributed by atoms with E-state index in [1.54, 1.807) is 15.3 Å².